The molecule has 0 aliphatic heterocycles. The summed E-state index contributed by atoms with van der Waals surface area (Å²) in [6.45, 7) is 0. The minimum Gasteiger partial charge on any atom is -0.295 e. The van der Waals surface area contributed by atoms with Crippen molar-refractivity contribution in [2.45, 2.75) is 0 Å². The molecule has 0 bridgehead atoms. The van der Waals surface area contributed by atoms with Gasteiger partial charge in [0.2, 0.25) is 0 Å². The monoisotopic (exact) mass is 348 g/mol. The molecule has 0 saturated heterocycles. The predicted molar refractivity (Wildman–Crippen MR) is 84.0 cm³/mol. The molecular formula is C13H8Cl4N2O. The van der Waals surface area contributed by atoms with Gasteiger partial charge in [-0.05, 0) is 24.3 Å². The summed E-state index contributed by atoms with van der Waals surface area (Å²) >= 11 is 23.7. The van der Waals surface area contributed by atoms with E-state index in [0.717, 1.165) is 0 Å². The molecule has 0 aliphatic rings. The summed E-state index contributed by atoms with van der Waals surface area (Å²) in [5.74, 6) is -0.405. The summed E-state index contributed by atoms with van der Waals surface area (Å²) < 4.78 is 0. The van der Waals surface area contributed by atoms with Crippen molar-refractivity contribution in [1.82, 2.24) is 5.43 Å². The molecule has 7 heteroatoms. The van der Waals surface area contributed by atoms with Crippen LogP contribution in [0.25, 0.3) is 0 Å². The van der Waals surface area contributed by atoms with E-state index < -0.39 is 5.91 Å². The first-order valence-electron chi connectivity index (χ1n) is 5.44. The number of benzene rings is 2. The first kappa shape index (κ1) is 15.3. The van der Waals surface area contributed by atoms with Crippen molar-refractivity contribution in [2.24, 2.45) is 0 Å². The molecule has 2 aromatic carbocycles. The third kappa shape index (κ3) is 3.49. The maximum Gasteiger partial charge on any atom is 0.271 e. The third-order valence-electron chi connectivity index (χ3n) is 2.43. The predicted octanol–water partition coefficient (Wildman–Crippen LogP) is 5.06. The Morgan fingerprint density at radius 2 is 1.50 bits per heavy atom. The number of carbonyl (C=O) groups is 1. The number of rotatable bonds is 3. The zero-order chi connectivity index (χ0) is 14.7. The van der Waals surface area contributed by atoms with Crippen LogP contribution in [0.1, 0.15) is 10.4 Å². The molecule has 0 fully saturated rings. The molecule has 0 unspecified atom stereocenters. The molecule has 2 rings (SSSR count). The Balaban J connectivity index is 2.14. The smallest absolute Gasteiger partial charge is 0.271 e. The molecule has 0 spiro atoms. The lowest BCUT2D eigenvalue weighted by Crippen LogP contribution is -2.29. The van der Waals surface area contributed by atoms with Crippen LogP contribution in [0, 0.1) is 0 Å². The van der Waals surface area contributed by atoms with Crippen LogP contribution in [-0.4, -0.2) is 5.91 Å². The summed E-state index contributed by atoms with van der Waals surface area (Å²) in [5.41, 5.74) is 5.82. The van der Waals surface area contributed by atoms with Crippen LogP contribution in [0.2, 0.25) is 20.1 Å². The standard InChI is InChI=1S/C13H8Cl4N2O/c14-7-5-10(16)12(11(17)6-7)18-19-13(20)8-3-1-2-4-9(8)15/h1-6,18H,(H,19,20). The summed E-state index contributed by atoms with van der Waals surface area (Å²) in [4.78, 5) is 12.0. The van der Waals surface area contributed by atoms with E-state index in [-0.39, 0.29) is 0 Å². The van der Waals surface area contributed by atoms with Gasteiger partial charge in [-0.25, -0.2) is 0 Å². The zero-order valence-corrected chi connectivity index (χ0v) is 12.9. The molecule has 104 valence electrons. The van der Waals surface area contributed by atoms with Crippen molar-refractivity contribution in [3.05, 3.63) is 62.1 Å². The van der Waals surface area contributed by atoms with E-state index in [9.17, 15) is 4.79 Å². The minimum absolute atomic E-state index is 0.293. The number of hydrogen-bond acceptors (Lipinski definition) is 2. The van der Waals surface area contributed by atoms with Crippen molar-refractivity contribution in [2.75, 3.05) is 5.43 Å². The highest BCUT2D eigenvalue weighted by atomic mass is 35.5. The van der Waals surface area contributed by atoms with Gasteiger partial charge in [-0.15, -0.1) is 0 Å². The van der Waals surface area contributed by atoms with E-state index in [0.29, 0.717) is 31.3 Å². The normalized spacial score (nSPS) is 10.2. The summed E-state index contributed by atoms with van der Waals surface area (Å²) in [5, 5.41) is 1.34. The molecule has 0 radical (unpaired) electrons. The molecule has 0 atom stereocenters. The highest BCUT2D eigenvalue weighted by molar-refractivity contribution is 6.41. The highest BCUT2D eigenvalue weighted by Crippen LogP contribution is 2.33. The number of halogens is 4. The van der Waals surface area contributed by atoms with Crippen LogP contribution in [0.4, 0.5) is 5.69 Å². The molecule has 3 nitrogen and oxygen atoms in total. The summed E-state index contributed by atoms with van der Waals surface area (Å²) in [7, 11) is 0. The van der Waals surface area contributed by atoms with Crippen LogP contribution in [0.5, 0.6) is 0 Å². The van der Waals surface area contributed by atoms with Crippen LogP contribution < -0.4 is 10.9 Å². The van der Waals surface area contributed by atoms with Crippen molar-refractivity contribution in [3.8, 4) is 0 Å². The average Bonchev–Trinajstić information content (AvgIpc) is 2.37. The molecule has 20 heavy (non-hydrogen) atoms. The second-order valence-corrected chi connectivity index (χ2v) is 5.46. The Kier molecular flexibility index (Phi) is 5.00. The number of hydrazine groups is 1. The van der Waals surface area contributed by atoms with Gasteiger partial charge in [0.1, 0.15) is 0 Å². The van der Waals surface area contributed by atoms with E-state index in [1.165, 1.54) is 12.1 Å². The lowest BCUT2D eigenvalue weighted by atomic mass is 10.2. The Bertz CT molecular complexity index is 638. The van der Waals surface area contributed by atoms with Crippen LogP contribution >= 0.6 is 46.4 Å². The maximum atomic E-state index is 12.0. The molecule has 0 aliphatic carbocycles. The van der Waals surface area contributed by atoms with Gasteiger partial charge in [-0.3, -0.25) is 15.6 Å². The second-order valence-electron chi connectivity index (χ2n) is 3.80. The lowest BCUT2D eigenvalue weighted by Gasteiger charge is -2.12. The van der Waals surface area contributed by atoms with Gasteiger partial charge in [0.25, 0.3) is 5.91 Å². The molecule has 1 amide bonds. The molecular weight excluding hydrogens is 342 g/mol. The van der Waals surface area contributed by atoms with Crippen molar-refractivity contribution >= 4 is 58.0 Å². The fraction of sp³-hybridized carbons (Fsp3) is 0. The molecule has 0 heterocycles. The number of hydrogen-bond donors (Lipinski definition) is 2. The molecule has 2 N–H and O–H groups in total. The topological polar surface area (TPSA) is 41.1 Å². The molecule has 2 aromatic rings. The van der Waals surface area contributed by atoms with Gasteiger partial charge in [-0.1, -0.05) is 58.5 Å². The van der Waals surface area contributed by atoms with Gasteiger partial charge >= 0.3 is 0 Å². The van der Waals surface area contributed by atoms with Gasteiger partial charge in [0.05, 0.1) is 26.3 Å². The Labute approximate surface area is 135 Å². The fourth-order valence-electron chi connectivity index (χ4n) is 1.49. The zero-order valence-electron chi connectivity index (χ0n) is 9.88. The van der Waals surface area contributed by atoms with Crippen LogP contribution in [0.3, 0.4) is 0 Å². The Morgan fingerprint density at radius 1 is 0.900 bits per heavy atom. The quantitative estimate of drug-likeness (QED) is 0.760. The average molecular weight is 350 g/mol. The summed E-state index contributed by atoms with van der Waals surface area (Å²) in [6, 6.07) is 9.70. The number of anilines is 1. The fourth-order valence-corrected chi connectivity index (χ4v) is 2.63. The number of amides is 1. The summed E-state index contributed by atoms with van der Waals surface area (Å²) in [6.07, 6.45) is 0. The van der Waals surface area contributed by atoms with Crippen LogP contribution in [0.15, 0.2) is 36.4 Å². The van der Waals surface area contributed by atoms with Crippen molar-refractivity contribution < 1.29 is 4.79 Å². The van der Waals surface area contributed by atoms with Gasteiger partial charge in [-0.2, -0.15) is 0 Å². The maximum absolute atomic E-state index is 12.0. The van der Waals surface area contributed by atoms with E-state index in [4.69, 9.17) is 46.4 Å². The van der Waals surface area contributed by atoms with E-state index in [1.54, 1.807) is 24.3 Å². The molecule has 0 saturated carbocycles. The third-order valence-corrected chi connectivity index (χ3v) is 3.57. The largest absolute Gasteiger partial charge is 0.295 e. The van der Waals surface area contributed by atoms with Crippen molar-refractivity contribution in [3.63, 3.8) is 0 Å². The van der Waals surface area contributed by atoms with E-state index in [2.05, 4.69) is 10.9 Å². The van der Waals surface area contributed by atoms with E-state index in [1.807, 2.05) is 0 Å². The second kappa shape index (κ2) is 6.55. The Morgan fingerprint density at radius 3 is 2.10 bits per heavy atom. The number of carbonyl (C=O) groups excluding carboxylic acids is 1. The van der Waals surface area contributed by atoms with Gasteiger partial charge in [0, 0.05) is 5.02 Å². The first-order valence-corrected chi connectivity index (χ1v) is 6.95. The lowest BCUT2D eigenvalue weighted by molar-refractivity contribution is 0.0963. The van der Waals surface area contributed by atoms with Crippen LogP contribution in [-0.2, 0) is 0 Å². The highest BCUT2D eigenvalue weighted by Gasteiger charge is 2.12. The van der Waals surface area contributed by atoms with Gasteiger partial charge in [0.15, 0.2) is 0 Å². The SMILES string of the molecule is O=C(NNc1c(Cl)cc(Cl)cc1Cl)c1ccccc1Cl. The number of nitrogens with one attached hydrogen (secondary N) is 2. The molecule has 0 aromatic heterocycles. The Hall–Kier alpha value is -1.13. The minimum atomic E-state index is -0.405. The first-order chi connectivity index (χ1) is 9.49. The van der Waals surface area contributed by atoms with E-state index >= 15 is 0 Å². The van der Waals surface area contributed by atoms with Gasteiger partial charge < -0.3 is 0 Å². The van der Waals surface area contributed by atoms with Crippen molar-refractivity contribution in [1.29, 1.82) is 0 Å².